The predicted octanol–water partition coefficient (Wildman–Crippen LogP) is 3.25. The first kappa shape index (κ1) is 16.1. The third-order valence-corrected chi connectivity index (χ3v) is 3.92. The first-order valence-corrected chi connectivity index (χ1v) is 7.81. The van der Waals surface area contributed by atoms with Gasteiger partial charge in [0.05, 0.1) is 19.1 Å². The van der Waals surface area contributed by atoms with E-state index in [0.29, 0.717) is 5.75 Å². The summed E-state index contributed by atoms with van der Waals surface area (Å²) in [5.74, 6) is 0.995. The first-order chi connectivity index (χ1) is 10.7. The SMILES string of the molecule is COc1ccc(/C=N/NC(=O)CSc2ccc(C)cc2)cc1. The molecule has 2 aromatic carbocycles. The number of thioether (sulfide) groups is 1. The van der Waals surface area contributed by atoms with Gasteiger partial charge in [-0.1, -0.05) is 17.7 Å². The van der Waals surface area contributed by atoms with E-state index in [9.17, 15) is 4.79 Å². The van der Waals surface area contributed by atoms with E-state index in [1.807, 2.05) is 55.5 Å². The Morgan fingerprint density at radius 3 is 2.50 bits per heavy atom. The van der Waals surface area contributed by atoms with Crippen LogP contribution in [0.5, 0.6) is 5.75 Å². The maximum Gasteiger partial charge on any atom is 0.250 e. The molecular formula is C17H18N2O2S. The molecule has 1 amide bonds. The maximum atomic E-state index is 11.7. The van der Waals surface area contributed by atoms with Gasteiger partial charge in [-0.15, -0.1) is 11.8 Å². The highest BCUT2D eigenvalue weighted by molar-refractivity contribution is 8.00. The van der Waals surface area contributed by atoms with Crippen molar-refractivity contribution in [1.82, 2.24) is 5.43 Å². The average Bonchev–Trinajstić information content (AvgIpc) is 2.55. The lowest BCUT2D eigenvalue weighted by Gasteiger charge is -2.02. The summed E-state index contributed by atoms with van der Waals surface area (Å²) in [5.41, 5.74) is 4.62. The van der Waals surface area contributed by atoms with Crippen molar-refractivity contribution in [2.45, 2.75) is 11.8 Å². The number of nitrogens with one attached hydrogen (secondary N) is 1. The van der Waals surface area contributed by atoms with E-state index in [2.05, 4.69) is 10.5 Å². The second-order valence-electron chi connectivity index (χ2n) is 4.67. The highest BCUT2D eigenvalue weighted by Gasteiger charge is 2.01. The van der Waals surface area contributed by atoms with Gasteiger partial charge >= 0.3 is 0 Å². The van der Waals surface area contributed by atoms with E-state index in [-0.39, 0.29) is 5.91 Å². The number of nitrogens with zero attached hydrogens (tertiary/aromatic N) is 1. The van der Waals surface area contributed by atoms with Crippen LogP contribution >= 0.6 is 11.8 Å². The Balaban J connectivity index is 1.76. The van der Waals surface area contributed by atoms with Gasteiger partial charge in [-0.2, -0.15) is 5.10 Å². The predicted molar refractivity (Wildman–Crippen MR) is 90.6 cm³/mol. The van der Waals surface area contributed by atoms with Crippen molar-refractivity contribution in [1.29, 1.82) is 0 Å². The van der Waals surface area contributed by atoms with Gasteiger partial charge in [0.1, 0.15) is 5.75 Å². The van der Waals surface area contributed by atoms with Crippen LogP contribution in [-0.2, 0) is 4.79 Å². The Morgan fingerprint density at radius 1 is 1.18 bits per heavy atom. The number of hydrazone groups is 1. The number of rotatable bonds is 6. The summed E-state index contributed by atoms with van der Waals surface area (Å²) in [6, 6.07) is 15.5. The molecule has 0 aliphatic rings. The van der Waals surface area contributed by atoms with Crippen molar-refractivity contribution in [3.63, 3.8) is 0 Å². The van der Waals surface area contributed by atoms with Gasteiger partial charge in [0, 0.05) is 4.90 Å². The van der Waals surface area contributed by atoms with E-state index in [0.717, 1.165) is 16.2 Å². The summed E-state index contributed by atoms with van der Waals surface area (Å²) in [4.78, 5) is 12.8. The molecule has 0 aliphatic carbocycles. The second-order valence-corrected chi connectivity index (χ2v) is 5.72. The molecule has 0 spiro atoms. The van der Waals surface area contributed by atoms with Crippen LogP contribution in [0.1, 0.15) is 11.1 Å². The molecule has 2 aromatic rings. The zero-order valence-corrected chi connectivity index (χ0v) is 13.4. The lowest BCUT2D eigenvalue weighted by molar-refractivity contribution is -0.118. The van der Waals surface area contributed by atoms with Crippen molar-refractivity contribution < 1.29 is 9.53 Å². The normalized spacial score (nSPS) is 10.6. The molecule has 0 heterocycles. The van der Waals surface area contributed by atoms with Crippen molar-refractivity contribution in [3.05, 3.63) is 59.7 Å². The Kier molecular flexibility index (Phi) is 6.03. The largest absolute Gasteiger partial charge is 0.497 e. The molecule has 22 heavy (non-hydrogen) atoms. The molecule has 114 valence electrons. The highest BCUT2D eigenvalue weighted by Crippen LogP contribution is 2.17. The van der Waals surface area contributed by atoms with Gasteiger partial charge < -0.3 is 4.74 Å². The van der Waals surface area contributed by atoms with Crippen LogP contribution in [0.15, 0.2) is 58.5 Å². The van der Waals surface area contributed by atoms with Gasteiger partial charge in [-0.25, -0.2) is 5.43 Å². The molecular weight excluding hydrogens is 296 g/mol. The molecule has 0 saturated carbocycles. The molecule has 0 fully saturated rings. The fourth-order valence-corrected chi connectivity index (χ4v) is 2.38. The van der Waals surface area contributed by atoms with E-state index in [4.69, 9.17) is 4.74 Å². The molecule has 0 bridgehead atoms. The van der Waals surface area contributed by atoms with Crippen molar-refractivity contribution in [2.75, 3.05) is 12.9 Å². The molecule has 0 aromatic heterocycles. The minimum Gasteiger partial charge on any atom is -0.497 e. The molecule has 4 nitrogen and oxygen atoms in total. The van der Waals surface area contributed by atoms with Crippen LogP contribution in [0.25, 0.3) is 0 Å². The summed E-state index contributed by atoms with van der Waals surface area (Å²) in [7, 11) is 1.62. The molecule has 0 atom stereocenters. The van der Waals surface area contributed by atoms with Gasteiger partial charge in [-0.05, 0) is 48.9 Å². The zero-order chi connectivity index (χ0) is 15.8. The zero-order valence-electron chi connectivity index (χ0n) is 12.6. The maximum absolute atomic E-state index is 11.7. The number of carbonyl (C=O) groups excluding carboxylic acids is 1. The van der Waals surface area contributed by atoms with Crippen LogP contribution in [-0.4, -0.2) is 25.0 Å². The fourth-order valence-electron chi connectivity index (χ4n) is 1.68. The Bertz CT molecular complexity index is 637. The van der Waals surface area contributed by atoms with Crippen LogP contribution in [0, 0.1) is 6.92 Å². The van der Waals surface area contributed by atoms with Crippen molar-refractivity contribution in [2.24, 2.45) is 5.10 Å². The summed E-state index contributed by atoms with van der Waals surface area (Å²) < 4.78 is 5.08. The number of methoxy groups -OCH3 is 1. The van der Waals surface area contributed by atoms with Crippen molar-refractivity contribution >= 4 is 23.9 Å². The molecule has 0 aliphatic heterocycles. The lowest BCUT2D eigenvalue weighted by Crippen LogP contribution is -2.19. The molecule has 5 heteroatoms. The van der Waals surface area contributed by atoms with Gasteiger partial charge in [0.25, 0.3) is 0 Å². The number of carbonyl (C=O) groups is 1. The Morgan fingerprint density at radius 2 is 1.86 bits per heavy atom. The number of aryl methyl sites for hydroxylation is 1. The van der Waals surface area contributed by atoms with E-state index in [1.165, 1.54) is 17.3 Å². The third-order valence-electron chi connectivity index (χ3n) is 2.91. The van der Waals surface area contributed by atoms with Crippen LogP contribution in [0.3, 0.4) is 0 Å². The first-order valence-electron chi connectivity index (χ1n) is 6.83. The lowest BCUT2D eigenvalue weighted by atomic mass is 10.2. The minimum absolute atomic E-state index is 0.129. The summed E-state index contributed by atoms with van der Waals surface area (Å²) in [6.45, 7) is 2.04. The van der Waals surface area contributed by atoms with Gasteiger partial charge in [0.15, 0.2) is 0 Å². The fraction of sp³-hybridized carbons (Fsp3) is 0.176. The van der Waals surface area contributed by atoms with Crippen LogP contribution in [0.2, 0.25) is 0 Å². The quantitative estimate of drug-likeness (QED) is 0.506. The highest BCUT2D eigenvalue weighted by atomic mass is 32.2. The van der Waals surface area contributed by atoms with E-state index in [1.54, 1.807) is 13.3 Å². The number of hydrogen-bond donors (Lipinski definition) is 1. The van der Waals surface area contributed by atoms with E-state index >= 15 is 0 Å². The number of benzene rings is 2. The Hall–Kier alpha value is -2.27. The van der Waals surface area contributed by atoms with E-state index < -0.39 is 0 Å². The Labute approximate surface area is 134 Å². The topological polar surface area (TPSA) is 50.7 Å². The number of amides is 1. The number of hydrogen-bond acceptors (Lipinski definition) is 4. The molecule has 2 rings (SSSR count). The standard InChI is InChI=1S/C17H18N2O2S/c1-13-3-9-16(10-4-13)22-12-17(20)19-18-11-14-5-7-15(21-2)8-6-14/h3-11H,12H2,1-2H3,(H,19,20)/b18-11+. The molecule has 0 unspecified atom stereocenters. The molecule has 0 saturated heterocycles. The third kappa shape index (κ3) is 5.26. The summed E-state index contributed by atoms with van der Waals surface area (Å²) in [6.07, 6.45) is 1.61. The molecule has 0 radical (unpaired) electrons. The van der Waals surface area contributed by atoms with Crippen LogP contribution < -0.4 is 10.2 Å². The van der Waals surface area contributed by atoms with Crippen molar-refractivity contribution in [3.8, 4) is 5.75 Å². The van der Waals surface area contributed by atoms with Gasteiger partial charge in [-0.3, -0.25) is 4.79 Å². The van der Waals surface area contributed by atoms with Crippen LogP contribution in [0.4, 0.5) is 0 Å². The van der Waals surface area contributed by atoms with Gasteiger partial charge in [0.2, 0.25) is 5.91 Å². The monoisotopic (exact) mass is 314 g/mol. The summed E-state index contributed by atoms with van der Waals surface area (Å²) >= 11 is 1.49. The smallest absolute Gasteiger partial charge is 0.250 e. The summed E-state index contributed by atoms with van der Waals surface area (Å²) in [5, 5.41) is 3.94. The minimum atomic E-state index is -0.129. The molecule has 1 N–H and O–H groups in total. The average molecular weight is 314 g/mol. The second kappa shape index (κ2) is 8.24. The number of ether oxygens (including phenoxy) is 1.